The molecule has 3 heterocycles. The molecule has 1 radical (unpaired) electrons. The molecule has 0 atom stereocenters. The molecular weight excluding hydrogens is 313 g/mol. The number of pyridine rings is 2. The van der Waals surface area contributed by atoms with Gasteiger partial charge in [0.2, 0.25) is 0 Å². The van der Waals surface area contributed by atoms with E-state index in [9.17, 15) is 0 Å². The molecule has 3 rings (SSSR count). The smallest absolute Gasteiger partial charge is 0.0483 e. The Labute approximate surface area is 118 Å². The molecule has 0 N–H and O–H groups in total. The van der Waals surface area contributed by atoms with Gasteiger partial charge in [-0.15, -0.1) is 11.4 Å². The van der Waals surface area contributed by atoms with Crippen LogP contribution in [0.25, 0.3) is 22.8 Å². The zero-order chi connectivity index (χ0) is 11.5. The third-order valence-electron chi connectivity index (χ3n) is 2.49. The summed E-state index contributed by atoms with van der Waals surface area (Å²) in [5.74, 6) is 0. The van der Waals surface area contributed by atoms with Gasteiger partial charge in [0, 0.05) is 43.3 Å². The Kier molecular flexibility index (Phi) is 4.01. The first-order chi connectivity index (χ1) is 8.43. The van der Waals surface area contributed by atoms with Crippen LogP contribution in [0.1, 0.15) is 0 Å². The monoisotopic (exact) mass is 323 g/mol. The first kappa shape index (κ1) is 12.7. The molecule has 91 valence electrons. The quantitative estimate of drug-likeness (QED) is 0.681. The minimum Gasteiger partial charge on any atom is -0.654 e. The predicted octanol–water partition coefficient (Wildman–Crippen LogP) is 2.77. The van der Waals surface area contributed by atoms with Gasteiger partial charge in [0.05, 0.1) is 0 Å². The first-order valence-corrected chi connectivity index (χ1v) is 5.40. The summed E-state index contributed by atoms with van der Waals surface area (Å²) in [6.07, 6.45) is 3.54. The van der Waals surface area contributed by atoms with Crippen LogP contribution in [0.15, 0.2) is 60.9 Å². The van der Waals surface area contributed by atoms with E-state index in [0.29, 0.717) is 0 Å². The number of nitrogens with zero attached hydrogens (tertiary/aromatic N) is 3. The van der Waals surface area contributed by atoms with Gasteiger partial charge in [-0.05, 0) is 24.3 Å². The zero-order valence-electron chi connectivity index (χ0n) is 9.45. The molecule has 0 amide bonds. The van der Waals surface area contributed by atoms with Gasteiger partial charge in [-0.1, -0.05) is 24.3 Å². The van der Waals surface area contributed by atoms with E-state index in [-0.39, 0.29) is 19.5 Å². The van der Waals surface area contributed by atoms with Gasteiger partial charge in [-0.3, -0.25) is 9.97 Å². The maximum atomic E-state index is 4.53. The molecule has 0 spiro atoms. The molecule has 3 aromatic heterocycles. The molecule has 3 aromatic rings. The van der Waals surface area contributed by atoms with Crippen LogP contribution in [-0.4, -0.2) is 9.97 Å². The fraction of sp³-hybridized carbons (Fsp3) is 0. The van der Waals surface area contributed by atoms with Crippen molar-refractivity contribution < 1.29 is 19.5 Å². The normalized spacial score (nSPS) is 9.78. The van der Waals surface area contributed by atoms with Crippen molar-refractivity contribution >= 4 is 0 Å². The number of rotatable bonds is 2. The molecular formula is C14H10N3Rh-. The second kappa shape index (κ2) is 5.70. The molecule has 0 aromatic carbocycles. The number of hydrogen-bond donors (Lipinski definition) is 0. The maximum Gasteiger partial charge on any atom is 0.0483 e. The van der Waals surface area contributed by atoms with Gasteiger partial charge in [-0.2, -0.15) is 0 Å². The van der Waals surface area contributed by atoms with Gasteiger partial charge in [0.1, 0.15) is 0 Å². The molecule has 4 heteroatoms. The van der Waals surface area contributed by atoms with Crippen LogP contribution in [0.2, 0.25) is 0 Å². The van der Waals surface area contributed by atoms with Crippen LogP contribution in [0.4, 0.5) is 0 Å². The van der Waals surface area contributed by atoms with Crippen molar-refractivity contribution in [1.82, 2.24) is 15.0 Å². The molecule has 0 unspecified atom stereocenters. The third-order valence-corrected chi connectivity index (χ3v) is 2.49. The van der Waals surface area contributed by atoms with E-state index in [1.165, 1.54) is 0 Å². The molecule has 0 fully saturated rings. The first-order valence-electron chi connectivity index (χ1n) is 5.40. The Bertz CT molecular complexity index is 551. The number of aromatic nitrogens is 3. The zero-order valence-corrected chi connectivity index (χ0v) is 11.1. The Hall–Kier alpha value is -1.80. The molecule has 0 aliphatic rings. The van der Waals surface area contributed by atoms with Gasteiger partial charge in [0.15, 0.2) is 0 Å². The van der Waals surface area contributed by atoms with Crippen LogP contribution in [-0.2, 0) is 19.5 Å². The van der Waals surface area contributed by atoms with E-state index < -0.39 is 0 Å². The average molecular weight is 323 g/mol. The van der Waals surface area contributed by atoms with E-state index in [0.717, 1.165) is 22.8 Å². The largest absolute Gasteiger partial charge is 0.654 e. The van der Waals surface area contributed by atoms with Gasteiger partial charge in [0.25, 0.3) is 0 Å². The second-order valence-corrected chi connectivity index (χ2v) is 3.65. The summed E-state index contributed by atoms with van der Waals surface area (Å²) in [4.78, 5) is 13.1. The van der Waals surface area contributed by atoms with Crippen LogP contribution < -0.4 is 4.98 Å². The molecule has 0 bridgehead atoms. The summed E-state index contributed by atoms with van der Waals surface area (Å²) in [6, 6.07) is 15.5. The maximum absolute atomic E-state index is 4.53. The van der Waals surface area contributed by atoms with Crippen LogP contribution in [0.3, 0.4) is 0 Å². The minimum atomic E-state index is 0. The number of hydrogen-bond acceptors (Lipinski definition) is 2. The summed E-state index contributed by atoms with van der Waals surface area (Å²) in [5, 5.41) is 0. The van der Waals surface area contributed by atoms with Crippen molar-refractivity contribution in [1.29, 1.82) is 0 Å². The fourth-order valence-electron chi connectivity index (χ4n) is 1.68. The average Bonchev–Trinajstić information content (AvgIpc) is 2.90. The van der Waals surface area contributed by atoms with Crippen LogP contribution in [0.5, 0.6) is 0 Å². The minimum absolute atomic E-state index is 0. The summed E-state index contributed by atoms with van der Waals surface area (Å²) in [7, 11) is 0. The SMILES string of the molecule is [Rh].c1ccc(-c2ccc(-c3ccccn3)[n-]2)nc1. The Morgan fingerprint density at radius 2 is 1.17 bits per heavy atom. The van der Waals surface area contributed by atoms with E-state index >= 15 is 0 Å². The summed E-state index contributed by atoms with van der Waals surface area (Å²) < 4.78 is 0. The Morgan fingerprint density at radius 1 is 0.667 bits per heavy atom. The van der Waals surface area contributed by atoms with Gasteiger partial charge < -0.3 is 4.98 Å². The van der Waals surface area contributed by atoms with Crippen molar-refractivity contribution in [3.05, 3.63) is 60.9 Å². The van der Waals surface area contributed by atoms with Crippen LogP contribution in [0, 0.1) is 0 Å². The molecule has 0 aliphatic heterocycles. The van der Waals surface area contributed by atoms with E-state index in [4.69, 9.17) is 0 Å². The Morgan fingerprint density at radius 3 is 1.56 bits per heavy atom. The van der Waals surface area contributed by atoms with Crippen molar-refractivity contribution in [2.24, 2.45) is 0 Å². The molecule has 0 saturated heterocycles. The van der Waals surface area contributed by atoms with Gasteiger partial charge in [-0.25, -0.2) is 0 Å². The van der Waals surface area contributed by atoms with Crippen molar-refractivity contribution in [2.45, 2.75) is 0 Å². The van der Waals surface area contributed by atoms with Crippen molar-refractivity contribution in [3.8, 4) is 22.8 Å². The molecule has 3 nitrogen and oxygen atoms in total. The van der Waals surface area contributed by atoms with Crippen molar-refractivity contribution in [2.75, 3.05) is 0 Å². The van der Waals surface area contributed by atoms with E-state index in [1.54, 1.807) is 12.4 Å². The summed E-state index contributed by atoms with van der Waals surface area (Å²) >= 11 is 0. The standard InChI is InChI=1S/C14H10N3.Rh/c1-3-9-15-11(5-1)13-7-8-14(17-13)12-6-2-4-10-16-12;/h1-10H;/q-1;. The van der Waals surface area contributed by atoms with Gasteiger partial charge >= 0.3 is 0 Å². The summed E-state index contributed by atoms with van der Waals surface area (Å²) in [6.45, 7) is 0. The van der Waals surface area contributed by atoms with Crippen molar-refractivity contribution in [3.63, 3.8) is 0 Å². The van der Waals surface area contributed by atoms with E-state index in [2.05, 4.69) is 15.0 Å². The topological polar surface area (TPSA) is 39.9 Å². The van der Waals surface area contributed by atoms with Crippen LogP contribution >= 0.6 is 0 Å². The van der Waals surface area contributed by atoms with E-state index in [1.807, 2.05) is 48.5 Å². The molecule has 0 aliphatic carbocycles. The molecule has 0 saturated carbocycles. The third kappa shape index (κ3) is 2.54. The predicted molar refractivity (Wildman–Crippen MR) is 66.2 cm³/mol. The Balaban J connectivity index is 0.00000120. The summed E-state index contributed by atoms with van der Waals surface area (Å²) in [5.41, 5.74) is 3.53. The fourth-order valence-corrected chi connectivity index (χ4v) is 1.68. The molecule has 18 heavy (non-hydrogen) atoms. The second-order valence-electron chi connectivity index (χ2n) is 3.65.